The van der Waals surface area contributed by atoms with Crippen molar-refractivity contribution in [2.24, 2.45) is 0 Å². The molecule has 0 aliphatic rings. The van der Waals surface area contributed by atoms with E-state index in [0.29, 0.717) is 5.75 Å². The number of aromatic nitrogens is 3. The second kappa shape index (κ2) is 8.80. The average molecular weight is 423 g/mol. The maximum Gasteiger partial charge on any atom is 0.233 e. The number of fused-ring (bicyclic) bond motifs is 1. The third kappa shape index (κ3) is 4.52. The highest BCUT2D eigenvalue weighted by atomic mass is 32.2. The van der Waals surface area contributed by atoms with Crippen molar-refractivity contribution in [3.63, 3.8) is 0 Å². The van der Waals surface area contributed by atoms with Crippen molar-refractivity contribution < 1.29 is 4.79 Å². The van der Waals surface area contributed by atoms with Gasteiger partial charge in [-0.1, -0.05) is 54.2 Å². The van der Waals surface area contributed by atoms with Crippen LogP contribution in [0, 0.1) is 0 Å². The fraction of sp³-hybridized carbons (Fsp3) is 0.227. The Labute approximate surface area is 178 Å². The number of thioether (sulfide) groups is 1. The van der Waals surface area contributed by atoms with Crippen molar-refractivity contribution in [1.29, 1.82) is 0 Å². The lowest BCUT2D eigenvalue weighted by Crippen LogP contribution is -2.31. The highest BCUT2D eigenvalue weighted by Crippen LogP contribution is 2.29. The molecule has 2 aromatic heterocycles. The van der Waals surface area contributed by atoms with Gasteiger partial charge in [0.05, 0.1) is 22.0 Å². The minimum Gasteiger partial charge on any atom is -0.336 e. The predicted molar refractivity (Wildman–Crippen MR) is 119 cm³/mol. The molecule has 5 nitrogen and oxygen atoms in total. The molecule has 0 radical (unpaired) electrons. The van der Waals surface area contributed by atoms with Gasteiger partial charge in [0.15, 0.2) is 5.16 Å². The molecular weight excluding hydrogens is 400 g/mol. The van der Waals surface area contributed by atoms with Gasteiger partial charge in [-0.15, -0.1) is 11.3 Å². The Bertz CT molecular complexity index is 1070. The summed E-state index contributed by atoms with van der Waals surface area (Å²) < 4.78 is 3.22. The first-order chi connectivity index (χ1) is 14.1. The van der Waals surface area contributed by atoms with E-state index in [1.807, 2.05) is 56.6 Å². The normalized spacial score (nSPS) is 12.2. The molecule has 1 amide bonds. The summed E-state index contributed by atoms with van der Waals surface area (Å²) in [6, 6.07) is 18.2. The van der Waals surface area contributed by atoms with Gasteiger partial charge in [0.2, 0.25) is 5.91 Å². The molecule has 29 heavy (non-hydrogen) atoms. The Balaban J connectivity index is 1.39. The average Bonchev–Trinajstić information content (AvgIpc) is 3.38. The molecule has 0 bridgehead atoms. The van der Waals surface area contributed by atoms with Crippen LogP contribution in [0.15, 0.2) is 72.1 Å². The summed E-state index contributed by atoms with van der Waals surface area (Å²) >= 11 is 3.11. The first-order valence-corrected chi connectivity index (χ1v) is 11.2. The zero-order valence-electron chi connectivity index (χ0n) is 16.4. The van der Waals surface area contributed by atoms with Gasteiger partial charge in [0.25, 0.3) is 0 Å². The standard InChI is InChI=1S/C22H22N4OS2/c1-16(21-24-18-10-6-7-11-19(18)29-21)25(2)20(27)15-28-22-23-12-13-26(22)14-17-8-4-3-5-9-17/h3-13,16H,14-15H2,1-2H3/t16-/m1/s1. The molecule has 4 rings (SSSR count). The van der Waals surface area contributed by atoms with Crippen molar-refractivity contribution in [2.45, 2.75) is 24.7 Å². The molecule has 1 atom stereocenters. The number of carbonyl (C=O) groups excluding carboxylic acids is 1. The number of imidazole rings is 1. The number of para-hydroxylation sites is 1. The number of carbonyl (C=O) groups is 1. The molecule has 0 aliphatic carbocycles. The van der Waals surface area contributed by atoms with Gasteiger partial charge < -0.3 is 9.47 Å². The lowest BCUT2D eigenvalue weighted by molar-refractivity contribution is -0.128. The molecule has 0 saturated carbocycles. The van der Waals surface area contributed by atoms with E-state index in [4.69, 9.17) is 0 Å². The fourth-order valence-corrected chi connectivity index (χ4v) is 4.96. The van der Waals surface area contributed by atoms with E-state index in [2.05, 4.69) is 32.7 Å². The van der Waals surface area contributed by atoms with E-state index in [1.54, 1.807) is 22.4 Å². The summed E-state index contributed by atoms with van der Waals surface area (Å²) in [5.74, 6) is 0.411. The van der Waals surface area contributed by atoms with E-state index in [-0.39, 0.29) is 11.9 Å². The summed E-state index contributed by atoms with van der Waals surface area (Å²) in [5.41, 5.74) is 2.19. The molecule has 0 fully saturated rings. The van der Waals surface area contributed by atoms with E-state index in [1.165, 1.54) is 17.3 Å². The summed E-state index contributed by atoms with van der Waals surface area (Å²) in [7, 11) is 1.84. The number of nitrogens with zero attached hydrogens (tertiary/aromatic N) is 4. The molecule has 0 N–H and O–H groups in total. The van der Waals surface area contributed by atoms with Gasteiger partial charge in [0, 0.05) is 26.0 Å². The first-order valence-electron chi connectivity index (χ1n) is 9.41. The SMILES string of the molecule is C[C@H](c1nc2ccccc2s1)N(C)C(=O)CSc1nccn1Cc1ccccc1. The summed E-state index contributed by atoms with van der Waals surface area (Å²) in [4.78, 5) is 23.7. The van der Waals surface area contributed by atoms with Crippen LogP contribution in [0.5, 0.6) is 0 Å². The Morgan fingerprint density at radius 1 is 1.17 bits per heavy atom. The molecule has 2 heterocycles. The van der Waals surface area contributed by atoms with E-state index in [9.17, 15) is 4.79 Å². The van der Waals surface area contributed by atoms with Gasteiger partial charge in [-0.2, -0.15) is 0 Å². The highest BCUT2D eigenvalue weighted by molar-refractivity contribution is 7.99. The Kier molecular flexibility index (Phi) is 5.97. The van der Waals surface area contributed by atoms with Crippen LogP contribution in [-0.2, 0) is 11.3 Å². The first kappa shape index (κ1) is 19.7. The van der Waals surface area contributed by atoms with Crippen LogP contribution in [0.1, 0.15) is 23.5 Å². The highest BCUT2D eigenvalue weighted by Gasteiger charge is 2.21. The molecule has 0 unspecified atom stereocenters. The Morgan fingerprint density at radius 3 is 2.72 bits per heavy atom. The van der Waals surface area contributed by atoms with Crippen molar-refractivity contribution >= 4 is 39.2 Å². The second-order valence-electron chi connectivity index (χ2n) is 6.81. The van der Waals surface area contributed by atoms with Crippen LogP contribution in [0.3, 0.4) is 0 Å². The van der Waals surface area contributed by atoms with Crippen molar-refractivity contribution in [3.05, 3.63) is 77.6 Å². The Hall–Kier alpha value is -2.64. The van der Waals surface area contributed by atoms with E-state index >= 15 is 0 Å². The zero-order valence-corrected chi connectivity index (χ0v) is 18.0. The smallest absolute Gasteiger partial charge is 0.233 e. The molecule has 148 valence electrons. The maximum atomic E-state index is 12.8. The lowest BCUT2D eigenvalue weighted by Gasteiger charge is -2.23. The molecule has 0 spiro atoms. The number of rotatable bonds is 7. The minimum absolute atomic E-state index is 0.0652. The van der Waals surface area contributed by atoms with Crippen molar-refractivity contribution in [3.8, 4) is 0 Å². The molecule has 4 aromatic rings. The van der Waals surface area contributed by atoms with Crippen molar-refractivity contribution in [2.75, 3.05) is 12.8 Å². The van der Waals surface area contributed by atoms with Gasteiger partial charge in [-0.3, -0.25) is 4.79 Å². The van der Waals surface area contributed by atoms with Gasteiger partial charge >= 0.3 is 0 Å². The van der Waals surface area contributed by atoms with Crippen LogP contribution in [0.4, 0.5) is 0 Å². The molecule has 2 aromatic carbocycles. The molecule has 0 aliphatic heterocycles. The second-order valence-corrected chi connectivity index (χ2v) is 8.82. The van der Waals surface area contributed by atoms with Crippen LogP contribution < -0.4 is 0 Å². The topological polar surface area (TPSA) is 51.0 Å². The largest absolute Gasteiger partial charge is 0.336 e. The van der Waals surface area contributed by atoms with Crippen LogP contribution >= 0.6 is 23.1 Å². The van der Waals surface area contributed by atoms with Gasteiger partial charge in [-0.05, 0) is 24.6 Å². The van der Waals surface area contributed by atoms with Crippen LogP contribution in [-0.4, -0.2) is 38.1 Å². The number of benzene rings is 2. The van der Waals surface area contributed by atoms with Gasteiger partial charge in [-0.25, -0.2) is 9.97 Å². The van der Waals surface area contributed by atoms with Crippen LogP contribution in [0.25, 0.3) is 10.2 Å². The van der Waals surface area contributed by atoms with E-state index in [0.717, 1.165) is 26.9 Å². The Morgan fingerprint density at radius 2 is 1.93 bits per heavy atom. The number of thiazole rings is 1. The zero-order chi connectivity index (χ0) is 20.2. The molecule has 7 heteroatoms. The lowest BCUT2D eigenvalue weighted by atomic mass is 10.2. The monoisotopic (exact) mass is 422 g/mol. The quantitative estimate of drug-likeness (QED) is 0.399. The maximum absolute atomic E-state index is 12.8. The number of hydrogen-bond donors (Lipinski definition) is 0. The fourth-order valence-electron chi connectivity index (χ4n) is 3.01. The van der Waals surface area contributed by atoms with Crippen LogP contribution in [0.2, 0.25) is 0 Å². The molecule has 0 saturated heterocycles. The summed E-state index contributed by atoms with van der Waals surface area (Å²) in [5, 5.41) is 1.81. The number of hydrogen-bond acceptors (Lipinski definition) is 5. The summed E-state index contributed by atoms with van der Waals surface area (Å²) in [6.07, 6.45) is 3.73. The van der Waals surface area contributed by atoms with Gasteiger partial charge in [0.1, 0.15) is 5.01 Å². The molecular formula is C22H22N4OS2. The number of amides is 1. The van der Waals surface area contributed by atoms with E-state index < -0.39 is 0 Å². The predicted octanol–water partition coefficient (Wildman–Crippen LogP) is 4.85. The minimum atomic E-state index is -0.0652. The third-order valence-electron chi connectivity index (χ3n) is 4.84. The van der Waals surface area contributed by atoms with Crippen molar-refractivity contribution in [1.82, 2.24) is 19.4 Å². The summed E-state index contributed by atoms with van der Waals surface area (Å²) in [6.45, 7) is 2.77. The third-order valence-corrected chi connectivity index (χ3v) is 7.04.